The number of hydrogen-bond donors (Lipinski definition) is 1. The van der Waals surface area contributed by atoms with Crippen molar-refractivity contribution in [1.82, 2.24) is 10.2 Å². The summed E-state index contributed by atoms with van der Waals surface area (Å²) < 4.78 is 16.7. The van der Waals surface area contributed by atoms with Crippen LogP contribution < -0.4 is 19.7 Å². The lowest BCUT2D eigenvalue weighted by Crippen LogP contribution is -2.43. The van der Waals surface area contributed by atoms with E-state index in [1.54, 1.807) is 24.1 Å². The molecule has 0 bridgehead atoms. The minimum atomic E-state index is -0.143. The zero-order valence-corrected chi connectivity index (χ0v) is 19.9. The predicted molar refractivity (Wildman–Crippen MR) is 130 cm³/mol. The number of methoxy groups -OCH3 is 1. The fourth-order valence-corrected chi connectivity index (χ4v) is 4.52. The highest BCUT2D eigenvalue weighted by atomic mass is 16.5. The molecule has 2 aliphatic heterocycles. The van der Waals surface area contributed by atoms with Crippen molar-refractivity contribution in [2.24, 2.45) is 0 Å². The first-order chi connectivity index (χ1) is 16.6. The van der Waals surface area contributed by atoms with Gasteiger partial charge in [-0.3, -0.25) is 14.5 Å². The van der Waals surface area contributed by atoms with Gasteiger partial charge in [-0.15, -0.1) is 0 Å². The molecule has 4 rings (SSSR count). The minimum Gasteiger partial charge on any atom is -0.493 e. The molecule has 2 saturated heterocycles. The first kappa shape index (κ1) is 24.0. The van der Waals surface area contributed by atoms with E-state index in [4.69, 9.17) is 14.2 Å². The highest BCUT2D eigenvalue weighted by Crippen LogP contribution is 2.32. The van der Waals surface area contributed by atoms with Crippen LogP contribution in [0.25, 0.3) is 0 Å². The third-order valence-corrected chi connectivity index (χ3v) is 6.33. The van der Waals surface area contributed by atoms with Gasteiger partial charge in [0.2, 0.25) is 5.91 Å². The van der Waals surface area contributed by atoms with Gasteiger partial charge in [0.25, 0.3) is 5.91 Å². The molecule has 8 heteroatoms. The van der Waals surface area contributed by atoms with Gasteiger partial charge in [-0.05, 0) is 55.3 Å². The third-order valence-electron chi connectivity index (χ3n) is 6.33. The highest BCUT2D eigenvalue weighted by Gasteiger charge is 2.25. The maximum Gasteiger partial charge on any atom is 0.251 e. The summed E-state index contributed by atoms with van der Waals surface area (Å²) in [6.07, 6.45) is 1.46. The van der Waals surface area contributed by atoms with E-state index < -0.39 is 0 Å². The summed E-state index contributed by atoms with van der Waals surface area (Å²) in [4.78, 5) is 29.0. The molecule has 0 radical (unpaired) electrons. The van der Waals surface area contributed by atoms with Crippen molar-refractivity contribution in [1.29, 1.82) is 0 Å². The van der Waals surface area contributed by atoms with Crippen molar-refractivity contribution >= 4 is 17.5 Å². The van der Waals surface area contributed by atoms with Gasteiger partial charge in [0.15, 0.2) is 11.5 Å². The molecule has 0 aliphatic carbocycles. The normalized spacial score (nSPS) is 17.5. The zero-order chi connectivity index (χ0) is 23.9. The Labute approximate surface area is 200 Å². The Hall–Kier alpha value is -3.10. The van der Waals surface area contributed by atoms with Gasteiger partial charge in [0.1, 0.15) is 0 Å². The van der Waals surface area contributed by atoms with Crippen LogP contribution >= 0.6 is 0 Å². The van der Waals surface area contributed by atoms with Crippen LogP contribution in [0.15, 0.2) is 42.5 Å². The third kappa shape index (κ3) is 5.51. The Morgan fingerprint density at radius 3 is 2.50 bits per heavy atom. The number of anilines is 1. The molecule has 1 atom stereocenters. The van der Waals surface area contributed by atoms with E-state index in [1.807, 2.05) is 37.3 Å². The molecule has 1 unspecified atom stereocenters. The van der Waals surface area contributed by atoms with Crippen molar-refractivity contribution in [3.8, 4) is 11.5 Å². The Bertz CT molecular complexity index is 988. The molecule has 0 saturated carbocycles. The van der Waals surface area contributed by atoms with Crippen LogP contribution in [0.4, 0.5) is 5.69 Å². The van der Waals surface area contributed by atoms with Crippen LogP contribution in [0.5, 0.6) is 11.5 Å². The summed E-state index contributed by atoms with van der Waals surface area (Å²) in [5.74, 6) is 1.37. The number of benzene rings is 2. The molecular weight excluding hydrogens is 434 g/mol. The van der Waals surface area contributed by atoms with Gasteiger partial charge >= 0.3 is 0 Å². The van der Waals surface area contributed by atoms with Crippen molar-refractivity contribution in [2.75, 3.05) is 58.0 Å². The van der Waals surface area contributed by atoms with Crippen LogP contribution in [0.3, 0.4) is 0 Å². The van der Waals surface area contributed by atoms with E-state index in [0.717, 1.165) is 37.3 Å². The molecule has 0 aromatic heterocycles. The first-order valence-corrected chi connectivity index (χ1v) is 11.9. The van der Waals surface area contributed by atoms with Crippen molar-refractivity contribution < 1.29 is 23.8 Å². The number of rotatable bonds is 9. The number of nitrogens with zero attached hydrogens (tertiary/aromatic N) is 2. The lowest BCUT2D eigenvalue weighted by Gasteiger charge is -2.35. The summed E-state index contributed by atoms with van der Waals surface area (Å²) in [5.41, 5.74) is 2.46. The maximum absolute atomic E-state index is 12.9. The quantitative estimate of drug-likeness (QED) is 0.611. The van der Waals surface area contributed by atoms with Gasteiger partial charge in [-0.1, -0.05) is 6.07 Å². The number of nitrogens with one attached hydrogen (secondary N) is 1. The SMILES string of the molecule is CCOc1ccc(C(CNC(=O)c2ccc(N3CCCC3=O)cc2)N2CCOCC2)cc1OC. The maximum atomic E-state index is 12.9. The summed E-state index contributed by atoms with van der Waals surface area (Å²) in [6, 6.07) is 13.1. The molecule has 0 spiro atoms. The molecule has 8 nitrogen and oxygen atoms in total. The summed E-state index contributed by atoms with van der Waals surface area (Å²) >= 11 is 0. The average Bonchev–Trinajstić information content (AvgIpc) is 3.31. The minimum absolute atomic E-state index is 0.0288. The van der Waals surface area contributed by atoms with Crippen molar-refractivity contribution in [3.63, 3.8) is 0 Å². The Balaban J connectivity index is 1.47. The Kier molecular flexibility index (Phi) is 8.03. The topological polar surface area (TPSA) is 80.3 Å². The Morgan fingerprint density at radius 2 is 1.85 bits per heavy atom. The van der Waals surface area contributed by atoms with Gasteiger partial charge in [-0.25, -0.2) is 0 Å². The molecule has 182 valence electrons. The van der Waals surface area contributed by atoms with Crippen LogP contribution in [-0.2, 0) is 9.53 Å². The second kappa shape index (κ2) is 11.4. The van der Waals surface area contributed by atoms with Crippen LogP contribution in [-0.4, -0.2) is 69.8 Å². The second-order valence-corrected chi connectivity index (χ2v) is 8.41. The van der Waals surface area contributed by atoms with Gasteiger partial charge in [0, 0.05) is 43.9 Å². The largest absolute Gasteiger partial charge is 0.493 e. The number of carbonyl (C=O) groups excluding carboxylic acids is 2. The van der Waals surface area contributed by atoms with Gasteiger partial charge in [0.05, 0.1) is 33.0 Å². The fourth-order valence-electron chi connectivity index (χ4n) is 4.52. The number of morpholine rings is 1. The van der Waals surface area contributed by atoms with Crippen LogP contribution in [0.2, 0.25) is 0 Å². The molecule has 2 amide bonds. The number of ether oxygens (including phenoxy) is 3. The van der Waals surface area contributed by atoms with Crippen LogP contribution in [0.1, 0.15) is 41.7 Å². The number of hydrogen-bond acceptors (Lipinski definition) is 6. The smallest absolute Gasteiger partial charge is 0.251 e. The second-order valence-electron chi connectivity index (χ2n) is 8.41. The lowest BCUT2D eigenvalue weighted by molar-refractivity contribution is -0.117. The molecule has 34 heavy (non-hydrogen) atoms. The molecule has 2 heterocycles. The van der Waals surface area contributed by atoms with Crippen molar-refractivity contribution in [2.45, 2.75) is 25.8 Å². The number of amides is 2. The molecule has 2 aromatic carbocycles. The summed E-state index contributed by atoms with van der Waals surface area (Å²) in [6.45, 7) is 6.58. The molecule has 2 fully saturated rings. The van der Waals surface area contributed by atoms with Gasteiger partial charge < -0.3 is 24.4 Å². The molecule has 2 aliphatic rings. The van der Waals surface area contributed by atoms with E-state index >= 15 is 0 Å². The Morgan fingerprint density at radius 1 is 1.09 bits per heavy atom. The molecule has 2 aromatic rings. The highest BCUT2D eigenvalue weighted by molar-refractivity contribution is 5.97. The van der Waals surface area contributed by atoms with E-state index in [0.29, 0.717) is 49.8 Å². The lowest BCUT2D eigenvalue weighted by atomic mass is 10.0. The summed E-state index contributed by atoms with van der Waals surface area (Å²) in [7, 11) is 1.63. The summed E-state index contributed by atoms with van der Waals surface area (Å²) in [5, 5.41) is 3.10. The van der Waals surface area contributed by atoms with E-state index in [1.165, 1.54) is 0 Å². The van der Waals surface area contributed by atoms with E-state index in [-0.39, 0.29) is 17.9 Å². The molecule has 1 N–H and O–H groups in total. The predicted octanol–water partition coefficient (Wildman–Crippen LogP) is 3.02. The van der Waals surface area contributed by atoms with E-state index in [9.17, 15) is 9.59 Å². The van der Waals surface area contributed by atoms with Crippen molar-refractivity contribution in [3.05, 3.63) is 53.6 Å². The molecular formula is C26H33N3O5. The van der Waals surface area contributed by atoms with E-state index in [2.05, 4.69) is 10.2 Å². The standard InChI is InChI=1S/C26H33N3O5/c1-3-34-23-11-8-20(17-24(23)32-2)22(28-13-15-33-16-14-28)18-27-26(31)19-6-9-21(10-7-19)29-12-4-5-25(29)30/h6-11,17,22H,3-5,12-16,18H2,1-2H3,(H,27,31). The first-order valence-electron chi connectivity index (χ1n) is 11.9. The zero-order valence-electron chi connectivity index (χ0n) is 19.9. The average molecular weight is 468 g/mol. The number of carbonyl (C=O) groups is 2. The monoisotopic (exact) mass is 467 g/mol. The van der Waals surface area contributed by atoms with Crippen LogP contribution in [0, 0.1) is 0 Å². The fraction of sp³-hybridized carbons (Fsp3) is 0.462. The van der Waals surface area contributed by atoms with Gasteiger partial charge in [-0.2, -0.15) is 0 Å².